The first-order valence-electron chi connectivity index (χ1n) is 29.1. The van der Waals surface area contributed by atoms with Crippen molar-refractivity contribution in [3.63, 3.8) is 0 Å². The van der Waals surface area contributed by atoms with Gasteiger partial charge >= 0.3 is 19.8 Å². The zero-order valence-corrected chi connectivity index (χ0v) is 46.6. The van der Waals surface area contributed by atoms with Crippen molar-refractivity contribution < 1.29 is 37.6 Å². The van der Waals surface area contributed by atoms with Gasteiger partial charge in [0, 0.05) is 19.4 Å². The number of hydrogen-bond donors (Lipinski definition) is 2. The minimum atomic E-state index is -4.38. The van der Waals surface area contributed by atoms with Gasteiger partial charge in [-0.25, -0.2) is 4.57 Å². The fraction of sp³-hybridized carbons (Fsp3) is 0.738. The second-order valence-electron chi connectivity index (χ2n) is 19.1. The van der Waals surface area contributed by atoms with Crippen LogP contribution in [0.5, 0.6) is 0 Å². The summed E-state index contributed by atoms with van der Waals surface area (Å²) < 4.78 is 32.8. The molecular formula is C61H108NO8P. The summed E-state index contributed by atoms with van der Waals surface area (Å²) in [5, 5.41) is 0. The van der Waals surface area contributed by atoms with Crippen LogP contribution >= 0.6 is 7.82 Å². The highest BCUT2D eigenvalue weighted by atomic mass is 31.2. The van der Waals surface area contributed by atoms with Crippen molar-refractivity contribution in [2.75, 3.05) is 26.4 Å². The third-order valence-electron chi connectivity index (χ3n) is 12.3. The first kappa shape index (κ1) is 68.2. The van der Waals surface area contributed by atoms with Crippen LogP contribution in [-0.2, 0) is 32.7 Å². The van der Waals surface area contributed by atoms with Crippen LogP contribution < -0.4 is 5.73 Å². The van der Waals surface area contributed by atoms with Gasteiger partial charge < -0.3 is 20.1 Å². The molecule has 0 aromatic heterocycles. The van der Waals surface area contributed by atoms with Gasteiger partial charge in [-0.1, -0.05) is 259 Å². The Balaban J connectivity index is 3.75. The molecule has 0 radical (unpaired) electrons. The maximum Gasteiger partial charge on any atom is 0.472 e. The van der Waals surface area contributed by atoms with Crippen LogP contribution in [0.2, 0.25) is 0 Å². The zero-order valence-electron chi connectivity index (χ0n) is 45.7. The Labute approximate surface area is 436 Å². The summed E-state index contributed by atoms with van der Waals surface area (Å²) in [6, 6.07) is 0. The first-order chi connectivity index (χ1) is 34.8. The molecule has 0 aliphatic carbocycles. The molecule has 0 fully saturated rings. The van der Waals surface area contributed by atoms with Crippen LogP contribution in [0.3, 0.4) is 0 Å². The standard InChI is InChI=1S/C61H108NO8P/c1-3-5-7-9-11-13-14-15-16-17-18-19-20-21-22-23-24-25-26-27-28-29-30-31-32-33-34-35-36-37-38-39-40-41-42-43-44-46-48-50-52-54-61(64)70-59(58-69-71(65,66)68-56-55-62)57-67-60(63)53-51-49-47-45-12-10-8-6-4-2/h5,7,11,13,15-16,18-19,21-22,24-25,27-28,59H,3-4,6,8-10,12,14,17,20,23,26,29-58,62H2,1-2H3,(H,65,66)/b7-5-,13-11-,16-15-,19-18-,22-21-,25-24-,28-27-. The van der Waals surface area contributed by atoms with Crippen molar-refractivity contribution in [3.8, 4) is 0 Å². The van der Waals surface area contributed by atoms with Gasteiger partial charge in [-0.2, -0.15) is 0 Å². The van der Waals surface area contributed by atoms with Crippen LogP contribution in [0.4, 0.5) is 0 Å². The number of carbonyl (C=O) groups excluding carboxylic acids is 2. The van der Waals surface area contributed by atoms with E-state index in [2.05, 4.69) is 98.9 Å². The van der Waals surface area contributed by atoms with E-state index >= 15 is 0 Å². The largest absolute Gasteiger partial charge is 0.472 e. The number of esters is 2. The van der Waals surface area contributed by atoms with Gasteiger partial charge in [-0.05, 0) is 70.6 Å². The molecule has 0 amide bonds. The highest BCUT2D eigenvalue weighted by Crippen LogP contribution is 2.43. The second kappa shape index (κ2) is 56.5. The van der Waals surface area contributed by atoms with E-state index < -0.39 is 26.5 Å². The van der Waals surface area contributed by atoms with E-state index in [1.165, 1.54) is 141 Å². The van der Waals surface area contributed by atoms with Crippen LogP contribution in [0.1, 0.15) is 258 Å². The maximum atomic E-state index is 12.6. The summed E-state index contributed by atoms with van der Waals surface area (Å²) >= 11 is 0. The molecule has 71 heavy (non-hydrogen) atoms. The molecule has 0 saturated heterocycles. The Kier molecular flexibility index (Phi) is 54.2. The molecule has 0 aliphatic rings. The number of carbonyl (C=O) groups is 2. The molecule has 3 N–H and O–H groups in total. The van der Waals surface area contributed by atoms with Gasteiger partial charge in [0.15, 0.2) is 6.10 Å². The number of unbranched alkanes of at least 4 members (excludes halogenated alkanes) is 27. The molecule has 0 aromatic carbocycles. The lowest BCUT2D eigenvalue weighted by Crippen LogP contribution is -2.29. The van der Waals surface area contributed by atoms with Gasteiger partial charge in [0.1, 0.15) is 6.61 Å². The lowest BCUT2D eigenvalue weighted by molar-refractivity contribution is -0.161. The third-order valence-corrected chi connectivity index (χ3v) is 13.3. The maximum absolute atomic E-state index is 12.6. The van der Waals surface area contributed by atoms with Crippen molar-refractivity contribution in [2.45, 2.75) is 264 Å². The van der Waals surface area contributed by atoms with Gasteiger partial charge in [0.25, 0.3) is 0 Å². The van der Waals surface area contributed by atoms with Gasteiger partial charge in [-0.3, -0.25) is 18.6 Å². The van der Waals surface area contributed by atoms with Crippen molar-refractivity contribution >= 4 is 19.8 Å². The predicted octanol–water partition coefficient (Wildman–Crippen LogP) is 18.3. The average molecular weight is 1010 g/mol. The Hall–Kier alpha value is -2.81. The number of hydrogen-bond acceptors (Lipinski definition) is 8. The van der Waals surface area contributed by atoms with Gasteiger partial charge in [-0.15, -0.1) is 0 Å². The predicted molar refractivity (Wildman–Crippen MR) is 302 cm³/mol. The molecule has 0 aliphatic heterocycles. The molecule has 0 bridgehead atoms. The number of nitrogens with two attached hydrogens (primary N) is 1. The smallest absolute Gasteiger partial charge is 0.462 e. The summed E-state index contributed by atoms with van der Waals surface area (Å²) in [6.07, 6.45) is 73.9. The highest BCUT2D eigenvalue weighted by Gasteiger charge is 2.26. The van der Waals surface area contributed by atoms with E-state index in [4.69, 9.17) is 24.3 Å². The second-order valence-corrected chi connectivity index (χ2v) is 20.6. The van der Waals surface area contributed by atoms with Crippen LogP contribution in [0, 0.1) is 0 Å². The van der Waals surface area contributed by atoms with Crippen LogP contribution in [-0.4, -0.2) is 49.3 Å². The van der Waals surface area contributed by atoms with E-state index in [0.29, 0.717) is 6.42 Å². The Morgan fingerprint density at radius 3 is 1.15 bits per heavy atom. The molecule has 0 heterocycles. The molecule has 0 aromatic rings. The van der Waals surface area contributed by atoms with Crippen molar-refractivity contribution in [3.05, 3.63) is 85.1 Å². The Morgan fingerprint density at radius 1 is 0.437 bits per heavy atom. The first-order valence-corrected chi connectivity index (χ1v) is 30.6. The topological polar surface area (TPSA) is 134 Å². The molecular weight excluding hydrogens is 906 g/mol. The lowest BCUT2D eigenvalue weighted by atomic mass is 10.0. The lowest BCUT2D eigenvalue weighted by Gasteiger charge is -2.19. The monoisotopic (exact) mass is 1010 g/mol. The molecule has 410 valence electrons. The molecule has 2 atom stereocenters. The SMILES string of the molecule is CC/C=C\C/C=C\C/C=C\C/C=C\C/C=C\C/C=C\C/C=C\CCCCCCCCCCCCCCCCCCCCCC(=O)OC(COC(=O)CCCCCCCCCCC)COP(=O)(O)OCCN. The zero-order chi connectivity index (χ0) is 51.7. The molecule has 0 spiro atoms. The Bertz CT molecular complexity index is 1440. The minimum Gasteiger partial charge on any atom is -0.462 e. The normalized spacial score (nSPS) is 13.7. The number of ether oxygens (including phenoxy) is 2. The minimum absolute atomic E-state index is 0.0536. The van der Waals surface area contributed by atoms with E-state index in [9.17, 15) is 19.0 Å². The van der Waals surface area contributed by atoms with Crippen molar-refractivity contribution in [1.29, 1.82) is 0 Å². The molecule has 10 heteroatoms. The number of rotatable bonds is 54. The fourth-order valence-electron chi connectivity index (χ4n) is 8.03. The van der Waals surface area contributed by atoms with Crippen LogP contribution in [0.15, 0.2) is 85.1 Å². The quantitative estimate of drug-likeness (QED) is 0.0264. The highest BCUT2D eigenvalue weighted by molar-refractivity contribution is 7.47. The van der Waals surface area contributed by atoms with Crippen LogP contribution in [0.25, 0.3) is 0 Å². The summed E-state index contributed by atoms with van der Waals surface area (Å²) in [5.74, 6) is -0.824. The fourth-order valence-corrected chi connectivity index (χ4v) is 8.79. The van der Waals surface area contributed by atoms with Crippen molar-refractivity contribution in [1.82, 2.24) is 0 Å². The van der Waals surface area contributed by atoms with E-state index in [1.54, 1.807) is 0 Å². The van der Waals surface area contributed by atoms with E-state index in [1.807, 2.05) is 0 Å². The number of phosphoric acid groups is 1. The number of phosphoric ester groups is 1. The average Bonchev–Trinajstić information content (AvgIpc) is 3.36. The van der Waals surface area contributed by atoms with E-state index in [-0.39, 0.29) is 38.6 Å². The van der Waals surface area contributed by atoms with Crippen molar-refractivity contribution in [2.24, 2.45) is 5.73 Å². The molecule has 9 nitrogen and oxygen atoms in total. The molecule has 2 unspecified atom stereocenters. The van der Waals surface area contributed by atoms with Gasteiger partial charge in [0.05, 0.1) is 13.2 Å². The Morgan fingerprint density at radius 2 is 0.775 bits per heavy atom. The number of allylic oxidation sites excluding steroid dienone is 14. The summed E-state index contributed by atoms with van der Waals surface area (Å²) in [4.78, 5) is 34.9. The third kappa shape index (κ3) is 56.3. The summed E-state index contributed by atoms with van der Waals surface area (Å²) in [6.45, 7) is 3.61. The van der Waals surface area contributed by atoms with Gasteiger partial charge in [0.2, 0.25) is 0 Å². The molecule has 0 rings (SSSR count). The summed E-state index contributed by atoms with van der Waals surface area (Å²) in [5.41, 5.74) is 5.36. The summed E-state index contributed by atoms with van der Waals surface area (Å²) in [7, 11) is -4.38. The molecule has 0 saturated carbocycles. The van der Waals surface area contributed by atoms with E-state index in [0.717, 1.165) is 83.5 Å².